The lowest BCUT2D eigenvalue weighted by Gasteiger charge is -2.08. The highest BCUT2D eigenvalue weighted by Crippen LogP contribution is 2.44. The van der Waals surface area contributed by atoms with E-state index in [1.54, 1.807) is 48.5 Å². The first kappa shape index (κ1) is 21.1. The van der Waals surface area contributed by atoms with Gasteiger partial charge in [0.25, 0.3) is 0 Å². The number of nitrogens with zero attached hydrogens (tertiary/aromatic N) is 1. The van der Waals surface area contributed by atoms with Crippen LogP contribution in [0.5, 0.6) is 0 Å². The Morgan fingerprint density at radius 2 is 1.63 bits per heavy atom. The molecule has 3 aromatic carbocycles. The van der Waals surface area contributed by atoms with Gasteiger partial charge in [-0.05, 0) is 54.6 Å². The number of halogens is 2. The lowest BCUT2D eigenvalue weighted by atomic mass is 10.1. The van der Waals surface area contributed by atoms with Crippen LogP contribution >= 0.6 is 34.7 Å². The van der Waals surface area contributed by atoms with Crippen LogP contribution in [0, 0.1) is 5.82 Å². The molecular weight excluding hydrogens is 461 g/mol. The first-order valence-corrected chi connectivity index (χ1v) is 12.7. The van der Waals surface area contributed by atoms with Crippen molar-refractivity contribution in [1.29, 1.82) is 0 Å². The van der Waals surface area contributed by atoms with Crippen molar-refractivity contribution in [2.24, 2.45) is 0 Å². The summed E-state index contributed by atoms with van der Waals surface area (Å²) >= 11 is 8.83. The summed E-state index contributed by atoms with van der Waals surface area (Å²) in [7, 11) is -3.44. The van der Waals surface area contributed by atoms with E-state index in [0.29, 0.717) is 21.8 Å². The molecule has 0 unspecified atom stereocenters. The molecule has 0 amide bonds. The minimum atomic E-state index is -3.44. The third-order valence-electron chi connectivity index (χ3n) is 4.28. The molecule has 0 bridgehead atoms. The first-order chi connectivity index (χ1) is 14.3. The van der Waals surface area contributed by atoms with E-state index in [-0.39, 0.29) is 10.7 Å². The van der Waals surface area contributed by atoms with Crippen LogP contribution in [0.25, 0.3) is 21.7 Å². The van der Waals surface area contributed by atoms with E-state index in [9.17, 15) is 12.8 Å². The van der Waals surface area contributed by atoms with E-state index in [4.69, 9.17) is 16.6 Å². The fourth-order valence-electron chi connectivity index (χ4n) is 2.91. The zero-order chi connectivity index (χ0) is 21.3. The third-order valence-corrected chi connectivity index (χ3v) is 7.84. The van der Waals surface area contributed by atoms with Crippen molar-refractivity contribution in [2.75, 3.05) is 6.26 Å². The summed E-state index contributed by atoms with van der Waals surface area (Å²) in [6.45, 7) is 0. The van der Waals surface area contributed by atoms with E-state index in [2.05, 4.69) is 0 Å². The van der Waals surface area contributed by atoms with Gasteiger partial charge in [-0.1, -0.05) is 41.6 Å². The van der Waals surface area contributed by atoms with Crippen molar-refractivity contribution >= 4 is 44.5 Å². The van der Waals surface area contributed by atoms with Crippen LogP contribution in [0.4, 0.5) is 4.39 Å². The Morgan fingerprint density at radius 3 is 2.30 bits per heavy atom. The van der Waals surface area contributed by atoms with Crippen LogP contribution in [-0.4, -0.2) is 19.7 Å². The summed E-state index contributed by atoms with van der Waals surface area (Å²) in [6.07, 6.45) is 1.19. The molecule has 152 valence electrons. The van der Waals surface area contributed by atoms with Gasteiger partial charge >= 0.3 is 0 Å². The minimum absolute atomic E-state index is 0.236. The van der Waals surface area contributed by atoms with Gasteiger partial charge in [-0.3, -0.25) is 0 Å². The van der Waals surface area contributed by atoms with Crippen LogP contribution in [-0.2, 0) is 9.84 Å². The normalized spacial score (nSPS) is 11.6. The molecule has 0 spiro atoms. The van der Waals surface area contributed by atoms with Gasteiger partial charge in [0.1, 0.15) is 5.82 Å². The molecule has 0 saturated heterocycles. The highest BCUT2D eigenvalue weighted by Gasteiger charge is 2.21. The summed E-state index contributed by atoms with van der Waals surface area (Å²) in [6, 6.07) is 20.3. The summed E-state index contributed by atoms with van der Waals surface area (Å²) in [5, 5.41) is 0.647. The second-order valence-corrected chi connectivity index (χ2v) is 11.2. The summed E-state index contributed by atoms with van der Waals surface area (Å²) in [5.41, 5.74) is 1.92. The van der Waals surface area contributed by atoms with Crippen molar-refractivity contribution in [2.45, 2.75) is 14.1 Å². The molecule has 0 N–H and O–H groups in total. The van der Waals surface area contributed by atoms with Crippen molar-refractivity contribution < 1.29 is 12.8 Å². The highest BCUT2D eigenvalue weighted by molar-refractivity contribution is 8.01. The summed E-state index contributed by atoms with van der Waals surface area (Å²) in [4.78, 5) is 6.68. The Hall–Kier alpha value is -2.19. The topological polar surface area (TPSA) is 47.0 Å². The molecule has 1 heterocycles. The van der Waals surface area contributed by atoms with Crippen LogP contribution in [0.3, 0.4) is 0 Å². The predicted molar refractivity (Wildman–Crippen MR) is 122 cm³/mol. The fourth-order valence-corrected chi connectivity index (χ4v) is 6.17. The largest absolute Gasteiger partial charge is 0.229 e. The van der Waals surface area contributed by atoms with Gasteiger partial charge < -0.3 is 0 Å². The number of rotatable bonds is 5. The molecule has 3 nitrogen and oxygen atoms in total. The summed E-state index contributed by atoms with van der Waals surface area (Å²) < 4.78 is 38.9. The lowest BCUT2D eigenvalue weighted by Crippen LogP contribution is -1.99. The van der Waals surface area contributed by atoms with Crippen LogP contribution < -0.4 is 0 Å². The van der Waals surface area contributed by atoms with E-state index >= 15 is 0 Å². The van der Waals surface area contributed by atoms with Gasteiger partial charge in [-0.15, -0.1) is 11.3 Å². The lowest BCUT2D eigenvalue weighted by molar-refractivity contribution is 0.602. The fraction of sp³-hybridized carbons (Fsp3) is 0.0455. The number of hydrogen-bond acceptors (Lipinski definition) is 5. The predicted octanol–water partition coefficient (Wildman–Crippen LogP) is 6.82. The average molecular weight is 476 g/mol. The SMILES string of the molecule is CS(=O)(=O)c1ccccc1-c1sc(Sc2ccc(Cl)cc2)nc1-c1ccc(F)cc1. The molecule has 8 heteroatoms. The Bertz CT molecular complexity index is 1300. The van der Waals surface area contributed by atoms with Gasteiger partial charge in [-0.25, -0.2) is 17.8 Å². The van der Waals surface area contributed by atoms with Crippen LogP contribution in [0.15, 0.2) is 86.9 Å². The van der Waals surface area contributed by atoms with Gasteiger partial charge in [-0.2, -0.15) is 0 Å². The summed E-state index contributed by atoms with van der Waals surface area (Å²) in [5.74, 6) is -0.345. The second kappa shape index (κ2) is 8.51. The van der Waals surface area contributed by atoms with Crippen LogP contribution in [0.1, 0.15) is 0 Å². The maximum atomic E-state index is 13.5. The Morgan fingerprint density at radius 1 is 0.967 bits per heavy atom. The van der Waals surface area contributed by atoms with E-state index in [1.807, 2.05) is 12.1 Å². The zero-order valence-electron chi connectivity index (χ0n) is 15.7. The van der Waals surface area contributed by atoms with Crippen molar-refractivity contribution in [3.8, 4) is 21.7 Å². The zero-order valence-corrected chi connectivity index (χ0v) is 18.9. The van der Waals surface area contributed by atoms with Gasteiger partial charge in [0.15, 0.2) is 14.2 Å². The maximum absolute atomic E-state index is 13.5. The third kappa shape index (κ3) is 4.59. The van der Waals surface area contributed by atoms with Crippen molar-refractivity contribution in [3.63, 3.8) is 0 Å². The number of thiazole rings is 1. The van der Waals surface area contributed by atoms with E-state index < -0.39 is 9.84 Å². The molecule has 4 rings (SSSR count). The quantitative estimate of drug-likeness (QED) is 0.317. The molecule has 0 atom stereocenters. The number of sulfone groups is 1. The molecule has 1 aromatic heterocycles. The standard InChI is InChI=1S/C22H15ClFNO2S3/c1-30(26,27)19-5-3-2-4-18(19)21-20(14-6-10-16(24)11-7-14)25-22(29-21)28-17-12-8-15(23)9-13-17/h2-13H,1H3. The molecule has 0 saturated carbocycles. The number of aromatic nitrogens is 1. The van der Waals surface area contributed by atoms with E-state index in [1.165, 1.54) is 41.5 Å². The van der Waals surface area contributed by atoms with Crippen LogP contribution in [0.2, 0.25) is 5.02 Å². The minimum Gasteiger partial charge on any atom is -0.229 e. The average Bonchev–Trinajstić information content (AvgIpc) is 3.13. The Balaban J connectivity index is 1.87. The number of benzene rings is 3. The van der Waals surface area contributed by atoms with Gasteiger partial charge in [0.05, 0.1) is 15.5 Å². The van der Waals surface area contributed by atoms with Crippen molar-refractivity contribution in [1.82, 2.24) is 4.98 Å². The highest BCUT2D eigenvalue weighted by atomic mass is 35.5. The first-order valence-electron chi connectivity index (χ1n) is 8.81. The second-order valence-electron chi connectivity index (χ2n) is 6.49. The molecule has 4 aromatic rings. The van der Waals surface area contributed by atoms with Gasteiger partial charge in [0, 0.05) is 27.3 Å². The Labute approximate surface area is 187 Å². The maximum Gasteiger partial charge on any atom is 0.176 e. The molecule has 0 radical (unpaired) electrons. The molecule has 0 aliphatic carbocycles. The van der Waals surface area contributed by atoms with E-state index in [0.717, 1.165) is 14.1 Å². The monoisotopic (exact) mass is 475 g/mol. The smallest absolute Gasteiger partial charge is 0.176 e. The Kier molecular flexibility index (Phi) is 5.97. The molecule has 30 heavy (non-hydrogen) atoms. The number of hydrogen-bond donors (Lipinski definition) is 0. The van der Waals surface area contributed by atoms with Gasteiger partial charge in [0.2, 0.25) is 0 Å². The molecule has 0 aliphatic heterocycles. The molecule has 0 aliphatic rings. The molecule has 0 fully saturated rings. The molecular formula is C22H15ClFNO2S3. The van der Waals surface area contributed by atoms with Crippen molar-refractivity contribution in [3.05, 3.63) is 83.6 Å².